The highest BCUT2D eigenvalue weighted by molar-refractivity contribution is 5.92. The zero-order valence-electron chi connectivity index (χ0n) is 14.8. The lowest BCUT2D eigenvalue weighted by molar-refractivity contribution is -0.138. The van der Waals surface area contributed by atoms with Gasteiger partial charge in [0.25, 0.3) is 0 Å². The van der Waals surface area contributed by atoms with E-state index >= 15 is 0 Å². The third-order valence-electron chi connectivity index (χ3n) is 7.66. The van der Waals surface area contributed by atoms with Crippen molar-refractivity contribution in [3.63, 3.8) is 0 Å². The molecule has 0 bridgehead atoms. The molecule has 132 valence electrons. The largest absolute Gasteiger partial charge is 0.465 e. The minimum absolute atomic E-state index is 0.0431. The van der Waals surface area contributed by atoms with E-state index in [4.69, 9.17) is 9.47 Å². The van der Waals surface area contributed by atoms with Crippen molar-refractivity contribution >= 4 is 11.9 Å². The molecule has 0 aromatic carbocycles. The second kappa shape index (κ2) is 5.60. The molecule has 0 unspecified atom stereocenters. The number of cyclic esters (lactones) is 2. The first-order chi connectivity index (χ1) is 11.5. The van der Waals surface area contributed by atoms with Gasteiger partial charge in [-0.3, -0.25) is 4.79 Å². The fourth-order valence-electron chi connectivity index (χ4n) is 5.97. The zero-order valence-corrected chi connectivity index (χ0v) is 14.8. The zero-order chi connectivity index (χ0) is 16.9. The first kappa shape index (κ1) is 16.2. The molecule has 2 aliphatic carbocycles. The second-order valence-corrected chi connectivity index (χ2v) is 8.72. The predicted molar refractivity (Wildman–Crippen MR) is 89.0 cm³/mol. The van der Waals surface area contributed by atoms with Crippen LogP contribution in [0.5, 0.6) is 0 Å². The molecule has 0 radical (unpaired) electrons. The summed E-state index contributed by atoms with van der Waals surface area (Å²) < 4.78 is 10.6. The van der Waals surface area contributed by atoms with Crippen LogP contribution in [0, 0.1) is 28.6 Å². The van der Waals surface area contributed by atoms with Gasteiger partial charge in [-0.05, 0) is 55.8 Å². The Morgan fingerprint density at radius 2 is 2.08 bits per heavy atom. The van der Waals surface area contributed by atoms with Gasteiger partial charge < -0.3 is 9.47 Å². The molecule has 1 saturated carbocycles. The molecule has 4 nitrogen and oxygen atoms in total. The van der Waals surface area contributed by atoms with Crippen molar-refractivity contribution in [2.45, 2.75) is 58.8 Å². The average molecular weight is 332 g/mol. The molecule has 4 aliphatic rings. The van der Waals surface area contributed by atoms with E-state index in [2.05, 4.69) is 19.9 Å². The lowest BCUT2D eigenvalue weighted by Crippen LogP contribution is -2.51. The molecule has 3 fully saturated rings. The molecule has 2 aliphatic heterocycles. The van der Waals surface area contributed by atoms with Crippen LogP contribution in [0.2, 0.25) is 0 Å². The molecule has 4 rings (SSSR count). The third kappa shape index (κ3) is 2.25. The summed E-state index contributed by atoms with van der Waals surface area (Å²) in [5.74, 6) is 1.40. The van der Waals surface area contributed by atoms with Gasteiger partial charge in [0.2, 0.25) is 0 Å². The summed E-state index contributed by atoms with van der Waals surface area (Å²) in [7, 11) is 0. The van der Waals surface area contributed by atoms with E-state index in [-0.39, 0.29) is 22.8 Å². The third-order valence-corrected chi connectivity index (χ3v) is 7.66. The van der Waals surface area contributed by atoms with Crippen molar-refractivity contribution in [3.05, 3.63) is 11.6 Å². The van der Waals surface area contributed by atoms with E-state index in [1.807, 2.05) is 0 Å². The summed E-state index contributed by atoms with van der Waals surface area (Å²) >= 11 is 0. The average Bonchev–Trinajstić information content (AvgIpc) is 3.13. The van der Waals surface area contributed by atoms with Gasteiger partial charge in [-0.15, -0.1) is 0 Å². The van der Waals surface area contributed by atoms with Gasteiger partial charge in [0, 0.05) is 16.9 Å². The number of rotatable bonds is 3. The topological polar surface area (TPSA) is 52.6 Å². The monoisotopic (exact) mass is 332 g/mol. The first-order valence-electron chi connectivity index (χ1n) is 9.49. The van der Waals surface area contributed by atoms with Crippen molar-refractivity contribution in [2.24, 2.45) is 28.6 Å². The van der Waals surface area contributed by atoms with Gasteiger partial charge in [-0.2, -0.15) is 0 Å². The van der Waals surface area contributed by atoms with E-state index in [1.165, 1.54) is 0 Å². The molecule has 0 aromatic heterocycles. The van der Waals surface area contributed by atoms with Crippen LogP contribution in [-0.2, 0) is 19.1 Å². The molecule has 0 N–H and O–H groups in total. The van der Waals surface area contributed by atoms with E-state index in [0.717, 1.165) is 44.1 Å². The summed E-state index contributed by atoms with van der Waals surface area (Å²) in [5, 5.41) is 0. The van der Waals surface area contributed by atoms with Gasteiger partial charge in [0.1, 0.15) is 6.61 Å². The summed E-state index contributed by atoms with van der Waals surface area (Å²) in [5.41, 5.74) is 1.13. The number of allylic oxidation sites excluding steroid dienone is 1. The SMILES string of the molecule is C[C@@H]1CC[C@@]23COC(=O)C2=CCC[C@H]3[C@@]1(C)CC[C@@H]1COC(=O)C1. The quantitative estimate of drug-likeness (QED) is 0.740. The normalized spacial score (nSPS) is 44.4. The van der Waals surface area contributed by atoms with Crippen LogP contribution in [0.4, 0.5) is 0 Å². The van der Waals surface area contributed by atoms with Gasteiger partial charge in [0.05, 0.1) is 13.0 Å². The maximum absolute atomic E-state index is 12.2. The first-order valence-corrected chi connectivity index (χ1v) is 9.49. The number of carbonyl (C=O) groups excluding carboxylic acids is 2. The maximum Gasteiger partial charge on any atom is 0.334 e. The maximum atomic E-state index is 12.2. The smallest absolute Gasteiger partial charge is 0.334 e. The molecular formula is C20H28O4. The van der Waals surface area contributed by atoms with Gasteiger partial charge in [0.15, 0.2) is 0 Å². The highest BCUT2D eigenvalue weighted by atomic mass is 16.5. The van der Waals surface area contributed by atoms with Crippen molar-refractivity contribution in [3.8, 4) is 0 Å². The van der Waals surface area contributed by atoms with Crippen molar-refractivity contribution in [1.29, 1.82) is 0 Å². The fraction of sp³-hybridized carbons (Fsp3) is 0.800. The molecule has 1 spiro atoms. The Kier molecular flexibility index (Phi) is 3.77. The lowest BCUT2D eigenvalue weighted by Gasteiger charge is -2.56. The molecule has 24 heavy (non-hydrogen) atoms. The van der Waals surface area contributed by atoms with Crippen LogP contribution >= 0.6 is 0 Å². The summed E-state index contributed by atoms with van der Waals surface area (Å²) in [6.45, 7) is 5.97. The Morgan fingerprint density at radius 1 is 1.25 bits per heavy atom. The Labute approximate surface area is 144 Å². The Hall–Kier alpha value is -1.32. The van der Waals surface area contributed by atoms with E-state index < -0.39 is 0 Å². The van der Waals surface area contributed by atoms with Crippen molar-refractivity contribution in [1.82, 2.24) is 0 Å². The van der Waals surface area contributed by atoms with Crippen LogP contribution in [0.3, 0.4) is 0 Å². The van der Waals surface area contributed by atoms with Crippen molar-refractivity contribution in [2.75, 3.05) is 13.2 Å². The molecular weight excluding hydrogens is 304 g/mol. The van der Waals surface area contributed by atoms with Crippen molar-refractivity contribution < 1.29 is 19.1 Å². The highest BCUT2D eigenvalue weighted by Crippen LogP contribution is 2.64. The minimum atomic E-state index is -0.0774. The van der Waals surface area contributed by atoms with E-state index in [1.54, 1.807) is 0 Å². The van der Waals surface area contributed by atoms with Crippen LogP contribution in [0.15, 0.2) is 11.6 Å². The molecule has 0 aromatic rings. The number of ether oxygens (including phenoxy) is 2. The Bertz CT molecular complexity index is 594. The summed E-state index contributed by atoms with van der Waals surface area (Å²) in [6, 6.07) is 0. The standard InChI is InChI=1S/C20H28O4/c1-13-6-9-20-12-24-18(22)15(20)4-3-5-16(20)19(13,2)8-7-14-10-17(21)23-11-14/h4,13-14,16H,3,5-12H2,1-2H3/t13-,14+,16+,19+,20-/m1/s1. The number of carbonyl (C=O) groups is 2. The summed E-state index contributed by atoms with van der Waals surface area (Å²) in [4.78, 5) is 23.6. The van der Waals surface area contributed by atoms with Crippen LogP contribution in [0.1, 0.15) is 58.8 Å². The predicted octanol–water partition coefficient (Wildman–Crippen LogP) is 3.65. The molecule has 5 atom stereocenters. The number of hydrogen-bond acceptors (Lipinski definition) is 4. The second-order valence-electron chi connectivity index (χ2n) is 8.72. The van der Waals surface area contributed by atoms with E-state index in [9.17, 15) is 9.59 Å². The minimum Gasteiger partial charge on any atom is -0.465 e. The molecule has 2 saturated heterocycles. The lowest BCUT2D eigenvalue weighted by atomic mass is 9.46. The van der Waals surface area contributed by atoms with Crippen LogP contribution in [-0.4, -0.2) is 25.2 Å². The van der Waals surface area contributed by atoms with Gasteiger partial charge in [-0.1, -0.05) is 19.9 Å². The molecule has 4 heteroatoms. The Morgan fingerprint density at radius 3 is 2.83 bits per heavy atom. The van der Waals surface area contributed by atoms with E-state index in [0.29, 0.717) is 37.4 Å². The Balaban J connectivity index is 1.58. The number of esters is 2. The molecule has 0 amide bonds. The summed E-state index contributed by atoms with van der Waals surface area (Å²) in [6.07, 6.45) is 9.26. The molecule has 2 heterocycles. The van der Waals surface area contributed by atoms with Gasteiger partial charge >= 0.3 is 11.9 Å². The highest BCUT2D eigenvalue weighted by Gasteiger charge is 2.60. The van der Waals surface area contributed by atoms with Gasteiger partial charge in [-0.25, -0.2) is 4.79 Å². The van der Waals surface area contributed by atoms with Crippen LogP contribution in [0.25, 0.3) is 0 Å². The number of hydrogen-bond donors (Lipinski definition) is 0. The van der Waals surface area contributed by atoms with Crippen LogP contribution < -0.4 is 0 Å². The fourth-order valence-corrected chi connectivity index (χ4v) is 5.97.